The molecule has 0 aliphatic carbocycles. The van der Waals surface area contributed by atoms with Gasteiger partial charge in [0.2, 0.25) is 0 Å². The lowest BCUT2D eigenvalue weighted by atomic mass is 10.2. The molecule has 1 heterocycles. The molecule has 2 rings (SSSR count). The summed E-state index contributed by atoms with van der Waals surface area (Å²) in [7, 11) is -2.03. The van der Waals surface area contributed by atoms with E-state index in [1.54, 1.807) is 11.2 Å². The fourth-order valence-electron chi connectivity index (χ4n) is 2.17. The molecule has 7 heteroatoms. The number of nitrogens with zero attached hydrogens (tertiary/aromatic N) is 3. The molecule has 0 spiro atoms. The van der Waals surface area contributed by atoms with Gasteiger partial charge < -0.3 is 0 Å². The van der Waals surface area contributed by atoms with Gasteiger partial charge >= 0.3 is 0 Å². The Balaban J connectivity index is 1.99. The van der Waals surface area contributed by atoms with Crippen molar-refractivity contribution >= 4 is 22.0 Å². The number of rotatable bonds is 7. The molecule has 0 saturated heterocycles. The molecule has 1 aromatic carbocycles. The summed E-state index contributed by atoms with van der Waals surface area (Å²) >= 11 is 0. The molecular formula is C17H22N3O3S+. The predicted octanol–water partition coefficient (Wildman–Crippen LogP) is 2.03. The maximum Gasteiger partial charge on any atom is 0.265 e. The average molecular weight is 348 g/mol. The van der Waals surface area contributed by atoms with Crippen molar-refractivity contribution in [3.63, 3.8) is 0 Å². The van der Waals surface area contributed by atoms with Crippen molar-refractivity contribution in [1.82, 2.24) is 0 Å². The molecule has 2 aromatic rings. The zero-order valence-electron chi connectivity index (χ0n) is 13.8. The van der Waals surface area contributed by atoms with Crippen LogP contribution in [-0.4, -0.2) is 32.0 Å². The van der Waals surface area contributed by atoms with E-state index in [-0.39, 0.29) is 5.75 Å². The molecule has 0 amide bonds. The minimum absolute atomic E-state index is 0.242. The molecule has 0 radical (unpaired) electrons. The predicted molar refractivity (Wildman–Crippen MR) is 94.8 cm³/mol. The van der Waals surface area contributed by atoms with Crippen LogP contribution in [0.5, 0.6) is 0 Å². The third-order valence-corrected chi connectivity index (χ3v) is 4.29. The van der Waals surface area contributed by atoms with Crippen molar-refractivity contribution in [3.05, 3.63) is 59.9 Å². The Morgan fingerprint density at radius 1 is 1.25 bits per heavy atom. The van der Waals surface area contributed by atoms with Crippen LogP contribution in [0.1, 0.15) is 17.5 Å². The van der Waals surface area contributed by atoms with Crippen LogP contribution >= 0.6 is 0 Å². The number of hydrazone groups is 1. The molecule has 6 nitrogen and oxygen atoms in total. The molecular weight excluding hydrogens is 326 g/mol. The first kappa shape index (κ1) is 18.1. The lowest BCUT2D eigenvalue weighted by molar-refractivity contribution is -0.696. The normalized spacial score (nSPS) is 11.8. The van der Waals surface area contributed by atoms with Gasteiger partial charge in [0.15, 0.2) is 12.4 Å². The quantitative estimate of drug-likeness (QED) is 0.360. The Morgan fingerprint density at radius 3 is 2.62 bits per heavy atom. The minimum atomic E-state index is -3.91. The van der Waals surface area contributed by atoms with E-state index in [0.29, 0.717) is 13.0 Å². The second kappa shape index (κ2) is 8.03. The van der Waals surface area contributed by atoms with E-state index in [9.17, 15) is 8.42 Å². The SMILES string of the molecule is Cc1ccc(N(C)N=Cc2ccc[n+](CCCS(=O)(=O)O)c2)cc1. The van der Waals surface area contributed by atoms with Crippen LogP contribution in [0.15, 0.2) is 53.9 Å². The van der Waals surface area contributed by atoms with Gasteiger partial charge in [0.05, 0.1) is 23.2 Å². The van der Waals surface area contributed by atoms with Crippen LogP contribution in [0.25, 0.3) is 0 Å². The van der Waals surface area contributed by atoms with Gasteiger partial charge in [-0.3, -0.25) is 9.56 Å². The lowest BCUT2D eigenvalue weighted by Gasteiger charge is -2.12. The van der Waals surface area contributed by atoms with E-state index in [1.165, 1.54) is 5.56 Å². The van der Waals surface area contributed by atoms with E-state index in [2.05, 4.69) is 5.10 Å². The molecule has 0 unspecified atom stereocenters. The van der Waals surface area contributed by atoms with Crippen LogP contribution in [0.2, 0.25) is 0 Å². The highest BCUT2D eigenvalue weighted by atomic mass is 32.2. The fraction of sp³-hybridized carbons (Fsp3) is 0.294. The van der Waals surface area contributed by atoms with Gasteiger partial charge in [0.1, 0.15) is 6.54 Å². The highest BCUT2D eigenvalue weighted by molar-refractivity contribution is 7.85. The Kier molecular flexibility index (Phi) is 6.05. The van der Waals surface area contributed by atoms with Crippen LogP contribution < -0.4 is 9.58 Å². The van der Waals surface area contributed by atoms with Gasteiger partial charge in [-0.2, -0.15) is 13.5 Å². The topological polar surface area (TPSA) is 73.8 Å². The number of pyridine rings is 1. The van der Waals surface area contributed by atoms with Gasteiger partial charge in [0.25, 0.3) is 10.1 Å². The van der Waals surface area contributed by atoms with E-state index in [1.807, 2.05) is 67.3 Å². The number of anilines is 1. The van der Waals surface area contributed by atoms with E-state index < -0.39 is 10.1 Å². The average Bonchev–Trinajstić information content (AvgIpc) is 2.52. The summed E-state index contributed by atoms with van der Waals surface area (Å²) in [6, 6.07) is 11.9. The zero-order chi connectivity index (χ0) is 17.6. The van der Waals surface area contributed by atoms with Crippen LogP contribution in [0, 0.1) is 6.92 Å². The lowest BCUT2D eigenvalue weighted by Crippen LogP contribution is -2.34. The van der Waals surface area contributed by atoms with E-state index in [4.69, 9.17) is 4.55 Å². The number of aryl methyl sites for hydroxylation is 2. The highest BCUT2D eigenvalue weighted by Crippen LogP contribution is 2.13. The van der Waals surface area contributed by atoms with Crippen LogP contribution in [-0.2, 0) is 16.7 Å². The Hall–Kier alpha value is -2.25. The van der Waals surface area contributed by atoms with Crippen LogP contribution in [0.4, 0.5) is 5.69 Å². The summed E-state index contributed by atoms with van der Waals surface area (Å²) in [6.07, 6.45) is 5.84. The maximum atomic E-state index is 10.7. The summed E-state index contributed by atoms with van der Waals surface area (Å²) in [6.45, 7) is 2.55. The first-order valence-corrected chi connectivity index (χ1v) is 9.23. The smallest absolute Gasteiger partial charge is 0.265 e. The van der Waals surface area contributed by atoms with Gasteiger partial charge in [-0.05, 0) is 25.1 Å². The molecule has 1 aromatic heterocycles. The Morgan fingerprint density at radius 2 is 1.96 bits per heavy atom. The van der Waals surface area contributed by atoms with Gasteiger partial charge in [-0.25, -0.2) is 4.57 Å². The fourth-order valence-corrected chi connectivity index (χ4v) is 2.66. The minimum Gasteiger partial charge on any atom is -0.286 e. The van der Waals surface area contributed by atoms with Crippen molar-refractivity contribution in [1.29, 1.82) is 0 Å². The summed E-state index contributed by atoms with van der Waals surface area (Å²) < 4.78 is 32.1. The van der Waals surface area contributed by atoms with E-state index >= 15 is 0 Å². The molecule has 0 atom stereocenters. The molecule has 0 saturated carbocycles. The first-order valence-electron chi connectivity index (χ1n) is 7.62. The Bertz CT molecular complexity index is 802. The highest BCUT2D eigenvalue weighted by Gasteiger charge is 2.08. The second-order valence-electron chi connectivity index (χ2n) is 5.62. The largest absolute Gasteiger partial charge is 0.286 e. The molecule has 1 N–H and O–H groups in total. The van der Waals surface area contributed by atoms with Crippen molar-refractivity contribution in [2.24, 2.45) is 5.10 Å². The molecule has 0 bridgehead atoms. The summed E-state index contributed by atoms with van der Waals surface area (Å²) in [5, 5.41) is 6.20. The Labute approximate surface area is 142 Å². The van der Waals surface area contributed by atoms with Gasteiger partial charge in [0, 0.05) is 19.5 Å². The molecule has 128 valence electrons. The maximum absolute atomic E-state index is 10.7. The summed E-state index contributed by atoms with van der Waals surface area (Å²) in [4.78, 5) is 0. The van der Waals surface area contributed by atoms with Crippen LogP contribution in [0.3, 0.4) is 0 Å². The van der Waals surface area contributed by atoms with Gasteiger partial charge in [-0.15, -0.1) is 0 Å². The summed E-state index contributed by atoms with van der Waals surface area (Å²) in [5.74, 6) is -0.242. The second-order valence-corrected chi connectivity index (χ2v) is 7.19. The number of hydrogen-bond acceptors (Lipinski definition) is 4. The molecule has 0 aliphatic heterocycles. The number of aromatic nitrogens is 1. The third kappa shape index (κ3) is 6.10. The van der Waals surface area contributed by atoms with Crippen molar-refractivity contribution in [2.45, 2.75) is 19.9 Å². The molecule has 0 aliphatic rings. The molecule has 24 heavy (non-hydrogen) atoms. The van der Waals surface area contributed by atoms with Crippen molar-refractivity contribution < 1.29 is 17.5 Å². The van der Waals surface area contributed by atoms with E-state index in [0.717, 1.165) is 11.3 Å². The number of benzene rings is 1. The first-order chi connectivity index (χ1) is 11.3. The monoisotopic (exact) mass is 348 g/mol. The van der Waals surface area contributed by atoms with Gasteiger partial charge in [-0.1, -0.05) is 17.7 Å². The standard InChI is InChI=1S/C17H21N3O3S/c1-15-6-8-17(9-7-15)19(2)18-13-16-5-3-10-20(14-16)11-4-12-24(21,22)23/h3,5-10,13-14H,4,11-12H2,1-2H3/p+1. The van der Waals surface area contributed by atoms with Crippen molar-refractivity contribution in [2.75, 3.05) is 17.8 Å². The third-order valence-electron chi connectivity index (χ3n) is 3.49. The van der Waals surface area contributed by atoms with Crippen molar-refractivity contribution in [3.8, 4) is 0 Å². The molecule has 0 fully saturated rings. The zero-order valence-corrected chi connectivity index (χ0v) is 14.6. The number of hydrogen-bond donors (Lipinski definition) is 1. The summed E-state index contributed by atoms with van der Waals surface area (Å²) in [5.41, 5.74) is 3.10.